The highest BCUT2D eigenvalue weighted by atomic mass is 79.9. The van der Waals surface area contributed by atoms with E-state index in [2.05, 4.69) is 48.6 Å². The van der Waals surface area contributed by atoms with Crippen LogP contribution in [0.4, 0.5) is 0 Å². The Morgan fingerprint density at radius 1 is 1.25 bits per heavy atom. The molecule has 0 bridgehead atoms. The van der Waals surface area contributed by atoms with E-state index in [0.717, 1.165) is 16.3 Å². The van der Waals surface area contributed by atoms with Gasteiger partial charge in [-0.05, 0) is 45.4 Å². The van der Waals surface area contributed by atoms with Gasteiger partial charge >= 0.3 is 0 Å². The average molecular weight is 303 g/mol. The minimum Gasteiger partial charge on any atom is -0.285 e. The molecule has 0 N–H and O–H groups in total. The van der Waals surface area contributed by atoms with Crippen molar-refractivity contribution in [1.29, 1.82) is 0 Å². The molecule has 0 saturated heterocycles. The van der Waals surface area contributed by atoms with Crippen molar-refractivity contribution in [3.05, 3.63) is 34.9 Å². The van der Waals surface area contributed by atoms with Crippen molar-refractivity contribution in [1.82, 2.24) is 0 Å². The van der Waals surface area contributed by atoms with Crippen molar-refractivity contribution >= 4 is 33.2 Å². The highest BCUT2D eigenvalue weighted by molar-refractivity contribution is 9.10. The van der Waals surface area contributed by atoms with Gasteiger partial charge in [-0.3, -0.25) is 4.99 Å². The van der Waals surface area contributed by atoms with E-state index in [1.54, 1.807) is 0 Å². The van der Waals surface area contributed by atoms with Crippen LogP contribution in [0.25, 0.3) is 0 Å². The first-order valence-corrected chi connectivity index (χ1v) is 6.51. The molecule has 0 fully saturated rings. The zero-order valence-corrected chi connectivity index (χ0v) is 12.4. The summed E-state index contributed by atoms with van der Waals surface area (Å²) in [5, 5.41) is 0.750. The maximum atomic E-state index is 5.88. The number of hydrogen-bond acceptors (Lipinski definition) is 1. The number of halogens is 2. The van der Waals surface area contributed by atoms with Crippen LogP contribution in [0.3, 0.4) is 0 Å². The van der Waals surface area contributed by atoms with Gasteiger partial charge in [0.2, 0.25) is 0 Å². The second-order valence-electron chi connectivity index (χ2n) is 4.55. The lowest BCUT2D eigenvalue weighted by molar-refractivity contribution is 0.817. The van der Waals surface area contributed by atoms with Gasteiger partial charge in [-0.2, -0.15) is 0 Å². The molecule has 0 aliphatic carbocycles. The standard InChI is InChI=1S/C13H17BrClN/c1-9(2)16-12(13(3,4)14)10-5-7-11(15)8-6-10/h5-9H,1-4H3. The molecule has 0 amide bonds. The van der Waals surface area contributed by atoms with Gasteiger partial charge in [0, 0.05) is 11.1 Å². The van der Waals surface area contributed by atoms with Crippen molar-refractivity contribution in [2.24, 2.45) is 4.99 Å². The van der Waals surface area contributed by atoms with E-state index in [1.807, 2.05) is 24.3 Å². The average Bonchev–Trinajstić information content (AvgIpc) is 2.14. The molecule has 0 heterocycles. The van der Waals surface area contributed by atoms with E-state index in [4.69, 9.17) is 11.6 Å². The third kappa shape index (κ3) is 3.91. The third-order valence-electron chi connectivity index (χ3n) is 2.07. The zero-order chi connectivity index (χ0) is 12.3. The quantitative estimate of drug-likeness (QED) is 0.566. The van der Waals surface area contributed by atoms with Gasteiger partial charge in [-0.25, -0.2) is 0 Å². The molecule has 0 atom stereocenters. The van der Waals surface area contributed by atoms with Gasteiger partial charge in [0.15, 0.2) is 0 Å². The summed E-state index contributed by atoms with van der Waals surface area (Å²) in [4.78, 5) is 4.67. The molecule has 16 heavy (non-hydrogen) atoms. The van der Waals surface area contributed by atoms with E-state index in [0.29, 0.717) is 0 Å². The number of hydrogen-bond donors (Lipinski definition) is 0. The molecule has 0 unspecified atom stereocenters. The number of benzene rings is 1. The van der Waals surface area contributed by atoms with E-state index in [1.165, 1.54) is 0 Å². The molecule has 0 aliphatic rings. The predicted molar refractivity (Wildman–Crippen MR) is 76.1 cm³/mol. The predicted octanol–water partition coefficient (Wildman–Crippen LogP) is 4.71. The maximum Gasteiger partial charge on any atom is 0.0623 e. The highest BCUT2D eigenvalue weighted by Crippen LogP contribution is 2.24. The molecular weight excluding hydrogens is 286 g/mol. The summed E-state index contributed by atoms with van der Waals surface area (Å²) in [6.07, 6.45) is 0. The van der Waals surface area contributed by atoms with E-state index in [-0.39, 0.29) is 10.4 Å². The summed E-state index contributed by atoms with van der Waals surface area (Å²) >= 11 is 9.55. The van der Waals surface area contributed by atoms with Gasteiger partial charge in [0.1, 0.15) is 0 Å². The molecule has 1 aromatic carbocycles. The smallest absolute Gasteiger partial charge is 0.0623 e. The van der Waals surface area contributed by atoms with E-state index < -0.39 is 0 Å². The minimum atomic E-state index is -0.134. The first-order valence-electron chi connectivity index (χ1n) is 5.34. The van der Waals surface area contributed by atoms with Crippen LogP contribution < -0.4 is 0 Å². The molecule has 0 radical (unpaired) electrons. The van der Waals surface area contributed by atoms with Gasteiger partial charge < -0.3 is 0 Å². The normalized spacial score (nSPS) is 13.3. The summed E-state index contributed by atoms with van der Waals surface area (Å²) in [5.41, 5.74) is 2.17. The Bertz CT molecular complexity index is 374. The van der Waals surface area contributed by atoms with Crippen LogP contribution in [0.2, 0.25) is 5.02 Å². The number of aliphatic imine (C=N–C) groups is 1. The topological polar surface area (TPSA) is 12.4 Å². The van der Waals surface area contributed by atoms with Crippen LogP contribution in [0.5, 0.6) is 0 Å². The van der Waals surface area contributed by atoms with Crippen molar-refractivity contribution in [2.75, 3.05) is 0 Å². The molecule has 0 saturated carbocycles. The lowest BCUT2D eigenvalue weighted by Crippen LogP contribution is -2.26. The second kappa shape index (κ2) is 5.33. The van der Waals surface area contributed by atoms with Crippen LogP contribution in [0.1, 0.15) is 33.3 Å². The summed E-state index contributed by atoms with van der Waals surface area (Å²) in [7, 11) is 0. The van der Waals surface area contributed by atoms with Crippen LogP contribution >= 0.6 is 27.5 Å². The lowest BCUT2D eigenvalue weighted by Gasteiger charge is -2.21. The Kier molecular flexibility index (Phi) is 4.57. The SMILES string of the molecule is CC(C)N=C(c1ccc(Cl)cc1)C(C)(C)Br. The van der Waals surface area contributed by atoms with Gasteiger partial charge in [-0.1, -0.05) is 39.7 Å². The fourth-order valence-corrected chi connectivity index (χ4v) is 1.89. The van der Waals surface area contributed by atoms with Crippen LogP contribution in [-0.2, 0) is 0 Å². The Morgan fingerprint density at radius 2 is 1.75 bits per heavy atom. The van der Waals surface area contributed by atoms with Gasteiger partial charge in [0.05, 0.1) is 10.0 Å². The molecule has 3 heteroatoms. The fourth-order valence-electron chi connectivity index (χ4n) is 1.44. The summed E-state index contributed by atoms with van der Waals surface area (Å²) in [6.45, 7) is 8.36. The summed E-state index contributed by atoms with van der Waals surface area (Å²) in [5.74, 6) is 0. The van der Waals surface area contributed by atoms with Crippen molar-refractivity contribution in [3.8, 4) is 0 Å². The fraction of sp³-hybridized carbons (Fsp3) is 0.462. The minimum absolute atomic E-state index is 0.134. The Hall–Kier alpha value is -0.340. The summed E-state index contributed by atoms with van der Waals surface area (Å²) < 4.78 is -0.134. The van der Waals surface area contributed by atoms with E-state index in [9.17, 15) is 0 Å². The molecule has 0 aromatic heterocycles. The molecule has 1 nitrogen and oxygen atoms in total. The van der Waals surface area contributed by atoms with Crippen molar-refractivity contribution in [3.63, 3.8) is 0 Å². The number of nitrogens with zero attached hydrogens (tertiary/aromatic N) is 1. The van der Waals surface area contributed by atoms with Crippen molar-refractivity contribution < 1.29 is 0 Å². The van der Waals surface area contributed by atoms with Crippen LogP contribution in [0, 0.1) is 0 Å². The first kappa shape index (κ1) is 13.7. The number of alkyl halides is 1. The molecule has 88 valence electrons. The van der Waals surface area contributed by atoms with Gasteiger partial charge in [0.25, 0.3) is 0 Å². The number of rotatable bonds is 3. The second-order valence-corrected chi connectivity index (χ2v) is 6.97. The monoisotopic (exact) mass is 301 g/mol. The van der Waals surface area contributed by atoms with Crippen LogP contribution in [0.15, 0.2) is 29.3 Å². The molecule has 0 spiro atoms. The third-order valence-corrected chi connectivity index (χ3v) is 2.70. The highest BCUT2D eigenvalue weighted by Gasteiger charge is 2.22. The Morgan fingerprint density at radius 3 is 2.12 bits per heavy atom. The molecule has 0 aliphatic heterocycles. The lowest BCUT2D eigenvalue weighted by atomic mass is 9.99. The molecule has 1 rings (SSSR count). The van der Waals surface area contributed by atoms with Crippen molar-refractivity contribution in [2.45, 2.75) is 38.1 Å². The Labute approximate surface area is 111 Å². The summed E-state index contributed by atoms with van der Waals surface area (Å²) in [6, 6.07) is 8.08. The van der Waals surface area contributed by atoms with Crippen LogP contribution in [-0.4, -0.2) is 16.1 Å². The maximum absolute atomic E-state index is 5.88. The Balaban J connectivity index is 3.17. The van der Waals surface area contributed by atoms with Gasteiger partial charge in [-0.15, -0.1) is 0 Å². The molecule has 1 aromatic rings. The largest absolute Gasteiger partial charge is 0.285 e. The first-order chi connectivity index (χ1) is 7.30. The zero-order valence-electron chi connectivity index (χ0n) is 10.1. The van der Waals surface area contributed by atoms with E-state index >= 15 is 0 Å². The molecular formula is C13H17BrClN.